The van der Waals surface area contributed by atoms with Gasteiger partial charge in [-0.25, -0.2) is 0 Å². The number of rotatable bonds is 3. The van der Waals surface area contributed by atoms with Crippen LogP contribution in [-0.4, -0.2) is 30.3 Å². The second kappa shape index (κ2) is 4.14. The molecule has 0 aliphatic heterocycles. The lowest BCUT2D eigenvalue weighted by molar-refractivity contribution is 0.170. The molecule has 4 heteroatoms. The van der Waals surface area contributed by atoms with Crippen LogP contribution in [0.15, 0.2) is 4.99 Å². The van der Waals surface area contributed by atoms with Gasteiger partial charge in [-0.3, -0.25) is 0 Å². The van der Waals surface area contributed by atoms with Gasteiger partial charge in [-0.1, -0.05) is 0 Å². The Morgan fingerprint density at radius 1 is 1.80 bits per heavy atom. The van der Waals surface area contributed by atoms with E-state index in [9.17, 15) is 0 Å². The minimum Gasteiger partial charge on any atom is -0.378 e. The summed E-state index contributed by atoms with van der Waals surface area (Å²) in [6.45, 7) is 1.59. The molecule has 0 aliphatic carbocycles. The summed E-state index contributed by atoms with van der Waals surface area (Å²) in [6, 6.07) is 0. The zero-order valence-corrected chi connectivity index (χ0v) is 6.20. The van der Waals surface area contributed by atoms with E-state index in [-0.39, 0.29) is 0 Å². The van der Waals surface area contributed by atoms with Crippen molar-refractivity contribution in [1.82, 2.24) is 0 Å². The lowest BCUT2D eigenvalue weighted by atomic mass is 10.1. The van der Waals surface area contributed by atoms with Gasteiger partial charge in [-0.05, 0) is 6.92 Å². The number of aliphatic imine (C=N–C) groups is 1. The molecule has 0 heterocycles. The smallest absolute Gasteiger partial charge is 0.115 e. The Balaban J connectivity index is 4.12. The number of aliphatic hydroxyl groups excluding tert-OH is 1. The molecule has 0 saturated heterocycles. The minimum atomic E-state index is -1.01. The van der Waals surface area contributed by atoms with Gasteiger partial charge in [-0.2, -0.15) is 0 Å². The third-order valence-corrected chi connectivity index (χ3v) is 1.18. The summed E-state index contributed by atoms with van der Waals surface area (Å²) in [4.78, 5) is 3.67. The van der Waals surface area contributed by atoms with Crippen LogP contribution in [0.1, 0.15) is 6.92 Å². The van der Waals surface area contributed by atoms with E-state index < -0.39 is 12.1 Å². The van der Waals surface area contributed by atoms with Crippen molar-refractivity contribution in [3.8, 4) is 0 Å². The summed E-state index contributed by atoms with van der Waals surface area (Å²) in [5.41, 5.74) is 5.47. The molecule has 0 fully saturated rings. The molecule has 0 aromatic heterocycles. The maximum atomic E-state index is 8.86. The van der Waals surface area contributed by atoms with E-state index in [4.69, 9.17) is 16.2 Å². The monoisotopic (exact) mass is 143 g/mol. The summed E-state index contributed by atoms with van der Waals surface area (Å²) < 4.78 is 0. The number of nitrogens with two attached hydrogens (primary N) is 1. The number of nitrogens with one attached hydrogen (secondary N) is 1. The summed E-state index contributed by atoms with van der Waals surface area (Å²) in [6.07, 6.45) is 0.452. The molecule has 0 radical (unpaired) electrons. The van der Waals surface area contributed by atoms with E-state index >= 15 is 0 Å². The fourth-order valence-electron chi connectivity index (χ4n) is 0.617. The van der Waals surface area contributed by atoms with Crippen LogP contribution in [0, 0.1) is 11.3 Å². The van der Waals surface area contributed by atoms with Crippen molar-refractivity contribution >= 4 is 11.9 Å². The third kappa shape index (κ3) is 2.70. The van der Waals surface area contributed by atoms with Crippen LogP contribution < -0.4 is 5.73 Å². The highest BCUT2D eigenvalue weighted by Gasteiger charge is 2.13. The number of aliphatic hydroxyl groups is 1. The number of hydrogen-bond acceptors (Lipinski definition) is 4. The molecule has 4 nitrogen and oxygen atoms in total. The first kappa shape index (κ1) is 9.26. The van der Waals surface area contributed by atoms with Crippen molar-refractivity contribution in [2.45, 2.75) is 13.2 Å². The average Bonchev–Trinajstić information content (AvgIpc) is 1.81. The van der Waals surface area contributed by atoms with E-state index in [1.807, 2.05) is 0 Å². The lowest BCUT2D eigenvalue weighted by Gasteiger charge is -2.12. The summed E-state index contributed by atoms with van der Waals surface area (Å²) in [5.74, 6) is -0.440. The van der Waals surface area contributed by atoms with Gasteiger partial charge in [0.2, 0.25) is 0 Å². The molecule has 58 valence electrons. The first-order valence-electron chi connectivity index (χ1n) is 3.00. The maximum absolute atomic E-state index is 8.86. The molecule has 4 N–H and O–H groups in total. The molecule has 0 aromatic carbocycles. The molecule has 0 aliphatic rings. The van der Waals surface area contributed by atoms with Crippen molar-refractivity contribution in [3.63, 3.8) is 0 Å². The molecular weight excluding hydrogens is 130 g/mol. The number of hydrogen-bond donors (Lipinski definition) is 3. The van der Waals surface area contributed by atoms with Gasteiger partial charge in [0.05, 0.1) is 5.92 Å². The van der Waals surface area contributed by atoms with Gasteiger partial charge in [0, 0.05) is 19.0 Å². The van der Waals surface area contributed by atoms with Gasteiger partial charge in [-0.15, -0.1) is 0 Å². The normalized spacial score (nSPS) is 17.2. The Morgan fingerprint density at radius 2 is 2.30 bits per heavy atom. The van der Waals surface area contributed by atoms with Crippen LogP contribution >= 0.6 is 0 Å². The fourth-order valence-corrected chi connectivity index (χ4v) is 0.617. The first-order valence-corrected chi connectivity index (χ1v) is 3.00. The average molecular weight is 143 g/mol. The Morgan fingerprint density at radius 3 is 2.40 bits per heavy atom. The summed E-state index contributed by atoms with van der Waals surface area (Å²) in [7, 11) is 1.58. The zero-order chi connectivity index (χ0) is 8.15. The van der Waals surface area contributed by atoms with Gasteiger partial charge in [0.25, 0.3) is 0 Å². The predicted octanol–water partition coefficient (Wildman–Crippen LogP) is -0.380. The molecule has 2 unspecified atom stereocenters. The first-order chi connectivity index (χ1) is 4.59. The molecule has 0 rings (SSSR count). The third-order valence-electron chi connectivity index (χ3n) is 1.18. The van der Waals surface area contributed by atoms with Crippen LogP contribution in [0.4, 0.5) is 0 Å². The molecule has 0 amide bonds. The largest absolute Gasteiger partial charge is 0.378 e. The van der Waals surface area contributed by atoms with Crippen LogP contribution in [-0.2, 0) is 0 Å². The summed E-state index contributed by atoms with van der Waals surface area (Å²) in [5, 5.41) is 16.0. The van der Waals surface area contributed by atoms with E-state index in [0.717, 1.165) is 0 Å². The Bertz CT molecular complexity index is 142. The second-order valence-electron chi connectivity index (χ2n) is 2.11. The maximum Gasteiger partial charge on any atom is 0.115 e. The van der Waals surface area contributed by atoms with Gasteiger partial charge in [0.1, 0.15) is 6.23 Å². The molecule has 0 saturated carbocycles. The topological polar surface area (TPSA) is 82.5 Å². The molecular formula is C6H13N3O. The van der Waals surface area contributed by atoms with E-state index in [2.05, 4.69) is 4.99 Å². The van der Waals surface area contributed by atoms with Crippen LogP contribution in [0.5, 0.6) is 0 Å². The molecule has 2 atom stereocenters. The second-order valence-corrected chi connectivity index (χ2v) is 2.11. The highest BCUT2D eigenvalue weighted by Crippen LogP contribution is 1.97. The van der Waals surface area contributed by atoms with Crippen molar-refractivity contribution < 1.29 is 5.11 Å². The van der Waals surface area contributed by atoms with Crippen LogP contribution in [0.2, 0.25) is 0 Å². The van der Waals surface area contributed by atoms with Gasteiger partial charge < -0.3 is 21.2 Å². The minimum absolute atomic E-state index is 0.320. The van der Waals surface area contributed by atoms with E-state index in [1.54, 1.807) is 14.0 Å². The molecule has 0 bridgehead atoms. The van der Waals surface area contributed by atoms with Crippen LogP contribution in [0.25, 0.3) is 0 Å². The fraction of sp³-hybridized carbons (Fsp3) is 0.667. The van der Waals surface area contributed by atoms with Crippen molar-refractivity contribution in [2.75, 3.05) is 7.05 Å². The van der Waals surface area contributed by atoms with Gasteiger partial charge in [0.15, 0.2) is 0 Å². The Kier molecular flexibility index (Phi) is 3.83. The van der Waals surface area contributed by atoms with Gasteiger partial charge >= 0.3 is 0 Å². The van der Waals surface area contributed by atoms with E-state index in [0.29, 0.717) is 5.71 Å². The zero-order valence-electron chi connectivity index (χ0n) is 6.20. The molecule has 0 aromatic rings. The Hall–Kier alpha value is -0.740. The van der Waals surface area contributed by atoms with Crippen molar-refractivity contribution in [2.24, 2.45) is 16.6 Å². The molecule has 10 heavy (non-hydrogen) atoms. The summed E-state index contributed by atoms with van der Waals surface area (Å²) >= 11 is 0. The highest BCUT2D eigenvalue weighted by atomic mass is 16.3. The standard InChI is InChI=1S/C6H13N3O/c1-4(7)5(3-9-2)6(8)10/h3,5-7,10H,8H2,1-2H3. The van der Waals surface area contributed by atoms with Crippen molar-refractivity contribution in [1.29, 1.82) is 5.41 Å². The van der Waals surface area contributed by atoms with Crippen LogP contribution in [0.3, 0.4) is 0 Å². The predicted molar refractivity (Wildman–Crippen MR) is 41.5 cm³/mol. The highest BCUT2D eigenvalue weighted by molar-refractivity contribution is 5.95. The quantitative estimate of drug-likeness (QED) is 0.372. The lowest BCUT2D eigenvalue weighted by Crippen LogP contribution is -2.34. The van der Waals surface area contributed by atoms with Crippen molar-refractivity contribution in [3.05, 3.63) is 0 Å². The van der Waals surface area contributed by atoms with E-state index in [1.165, 1.54) is 6.21 Å². The number of nitrogens with zero attached hydrogens (tertiary/aromatic N) is 1. The SMILES string of the molecule is CN=CC(C(C)=N)C(N)O. The Labute approximate surface area is 60.3 Å². The molecule has 0 spiro atoms.